The van der Waals surface area contributed by atoms with Gasteiger partial charge in [-0.1, -0.05) is 6.92 Å². The first-order valence-electron chi connectivity index (χ1n) is 8.64. The average Bonchev–Trinajstić information content (AvgIpc) is 3.17. The molecule has 3 unspecified atom stereocenters. The van der Waals surface area contributed by atoms with Gasteiger partial charge >= 0.3 is 7.60 Å². The fourth-order valence-corrected chi connectivity index (χ4v) is 3.90. The van der Waals surface area contributed by atoms with Crippen molar-refractivity contribution in [2.24, 2.45) is 0 Å². The van der Waals surface area contributed by atoms with Crippen LogP contribution in [-0.2, 0) is 13.8 Å². The van der Waals surface area contributed by atoms with E-state index in [1.165, 1.54) is 17.2 Å². The van der Waals surface area contributed by atoms with Crippen molar-refractivity contribution >= 4 is 24.6 Å². The molecule has 3 rings (SSSR count). The number of ether oxygens (including phenoxy) is 1. The Balaban J connectivity index is 1.78. The van der Waals surface area contributed by atoms with Crippen LogP contribution in [0.2, 0.25) is 0 Å². The molecule has 1 fully saturated rings. The standard InChI is InChI=1S/C15H24N5O6P/c1-4-27(23,24)26-8(2)5-9-11(21)12(22)15(25-9)20-7-19-10-13(16-3)17-6-18-14(10)20/h6-9,11-12,15,21-22H,4-5H2,1-3H3,(H,23,24)(H,16,17,18)/t8-,9?,11?,12-,15-/m1/s1. The van der Waals surface area contributed by atoms with Gasteiger partial charge in [0.1, 0.15) is 24.1 Å². The smallest absolute Gasteiger partial charge is 0.328 e. The predicted molar refractivity (Wildman–Crippen MR) is 96.3 cm³/mol. The number of nitrogens with one attached hydrogen (secondary N) is 1. The molecule has 11 nitrogen and oxygen atoms in total. The number of aliphatic hydroxyl groups is 2. The minimum absolute atomic E-state index is 0.00873. The van der Waals surface area contributed by atoms with Crippen LogP contribution in [0.4, 0.5) is 5.82 Å². The van der Waals surface area contributed by atoms with Crippen LogP contribution in [0, 0.1) is 0 Å². The lowest BCUT2D eigenvalue weighted by Crippen LogP contribution is -2.33. The summed E-state index contributed by atoms with van der Waals surface area (Å²) in [5, 5.41) is 23.7. The molecule has 0 spiro atoms. The quantitative estimate of drug-likeness (QED) is 0.482. The summed E-state index contributed by atoms with van der Waals surface area (Å²) in [4.78, 5) is 22.1. The number of nitrogens with zero attached hydrogens (tertiary/aromatic N) is 4. The molecule has 1 aliphatic rings. The minimum Gasteiger partial charge on any atom is -0.388 e. The number of rotatable bonds is 7. The molecule has 12 heteroatoms. The molecular formula is C15H24N5O6P. The van der Waals surface area contributed by atoms with Crippen molar-refractivity contribution in [3.8, 4) is 0 Å². The summed E-state index contributed by atoms with van der Waals surface area (Å²) in [6.45, 7) is 3.17. The van der Waals surface area contributed by atoms with E-state index < -0.39 is 38.2 Å². The molecule has 0 amide bonds. The van der Waals surface area contributed by atoms with E-state index in [0.29, 0.717) is 17.0 Å². The molecule has 150 valence electrons. The Labute approximate surface area is 155 Å². The third-order valence-electron chi connectivity index (χ3n) is 4.52. The molecule has 1 aliphatic heterocycles. The molecule has 3 heterocycles. The zero-order valence-corrected chi connectivity index (χ0v) is 16.2. The van der Waals surface area contributed by atoms with Gasteiger partial charge in [0.05, 0.1) is 18.5 Å². The van der Waals surface area contributed by atoms with Crippen molar-refractivity contribution < 1.29 is 28.9 Å². The van der Waals surface area contributed by atoms with Gasteiger partial charge in [-0.2, -0.15) is 0 Å². The van der Waals surface area contributed by atoms with Crippen LogP contribution in [-0.4, -0.2) is 72.3 Å². The van der Waals surface area contributed by atoms with Crippen LogP contribution in [0.5, 0.6) is 0 Å². The molecular weight excluding hydrogens is 377 g/mol. The van der Waals surface area contributed by atoms with Crippen LogP contribution >= 0.6 is 7.60 Å². The second-order valence-corrected chi connectivity index (χ2v) is 8.57. The van der Waals surface area contributed by atoms with Gasteiger partial charge < -0.3 is 29.7 Å². The van der Waals surface area contributed by atoms with Gasteiger partial charge in [-0.3, -0.25) is 9.13 Å². The van der Waals surface area contributed by atoms with E-state index >= 15 is 0 Å². The van der Waals surface area contributed by atoms with Crippen LogP contribution in [0.25, 0.3) is 11.2 Å². The van der Waals surface area contributed by atoms with E-state index in [0.717, 1.165) is 0 Å². The fourth-order valence-electron chi connectivity index (χ4n) is 3.10. The van der Waals surface area contributed by atoms with E-state index in [1.807, 2.05) is 0 Å². The predicted octanol–water partition coefficient (Wildman–Crippen LogP) is 0.488. The van der Waals surface area contributed by atoms with Crippen molar-refractivity contribution in [3.05, 3.63) is 12.7 Å². The van der Waals surface area contributed by atoms with Crippen molar-refractivity contribution in [1.82, 2.24) is 19.5 Å². The SMILES string of the molecule is CCP(=O)(O)O[C@H](C)CC1O[C@@H](n2cnc3c(NC)ncnc32)[C@H](O)C1O. The molecule has 4 N–H and O–H groups in total. The lowest BCUT2D eigenvalue weighted by Gasteiger charge is -2.21. The molecule has 2 aromatic rings. The van der Waals surface area contributed by atoms with Crippen molar-refractivity contribution in [3.63, 3.8) is 0 Å². The Morgan fingerprint density at radius 2 is 2.11 bits per heavy atom. The number of anilines is 1. The van der Waals surface area contributed by atoms with Crippen LogP contribution < -0.4 is 5.32 Å². The second-order valence-electron chi connectivity index (χ2n) is 6.45. The minimum atomic E-state index is -3.67. The number of hydrogen-bond acceptors (Lipinski definition) is 9. The highest BCUT2D eigenvalue weighted by Gasteiger charge is 2.45. The van der Waals surface area contributed by atoms with Crippen molar-refractivity contribution in [2.45, 2.75) is 50.9 Å². The first kappa shape index (κ1) is 20.1. The Morgan fingerprint density at radius 3 is 2.78 bits per heavy atom. The van der Waals surface area contributed by atoms with Gasteiger partial charge in [0.2, 0.25) is 0 Å². The van der Waals surface area contributed by atoms with Crippen LogP contribution in [0.15, 0.2) is 12.7 Å². The lowest BCUT2D eigenvalue weighted by atomic mass is 10.1. The number of imidazole rings is 1. The van der Waals surface area contributed by atoms with Gasteiger partial charge in [0, 0.05) is 19.6 Å². The molecule has 0 radical (unpaired) electrons. The van der Waals surface area contributed by atoms with Gasteiger partial charge in [0.25, 0.3) is 0 Å². The zero-order valence-electron chi connectivity index (χ0n) is 15.3. The monoisotopic (exact) mass is 401 g/mol. The van der Waals surface area contributed by atoms with Crippen molar-refractivity contribution in [2.75, 3.05) is 18.5 Å². The molecule has 2 aromatic heterocycles. The first-order valence-corrected chi connectivity index (χ1v) is 10.4. The molecule has 6 atom stereocenters. The summed E-state index contributed by atoms with van der Waals surface area (Å²) in [6.07, 6.45) is -1.78. The molecule has 1 saturated heterocycles. The summed E-state index contributed by atoms with van der Waals surface area (Å²) >= 11 is 0. The summed E-state index contributed by atoms with van der Waals surface area (Å²) in [6, 6.07) is 0. The highest BCUT2D eigenvalue weighted by Crippen LogP contribution is 2.44. The topological polar surface area (TPSA) is 152 Å². The molecule has 0 bridgehead atoms. The molecule has 0 aliphatic carbocycles. The zero-order chi connectivity index (χ0) is 19.8. The maximum Gasteiger partial charge on any atom is 0.328 e. The molecule has 27 heavy (non-hydrogen) atoms. The van der Waals surface area contributed by atoms with E-state index in [1.54, 1.807) is 20.9 Å². The number of aliphatic hydroxyl groups excluding tert-OH is 2. The maximum atomic E-state index is 11.7. The van der Waals surface area contributed by atoms with Crippen LogP contribution in [0.3, 0.4) is 0 Å². The normalized spacial score (nSPS) is 29.0. The van der Waals surface area contributed by atoms with Gasteiger partial charge in [-0.15, -0.1) is 0 Å². The average molecular weight is 401 g/mol. The van der Waals surface area contributed by atoms with E-state index in [2.05, 4.69) is 20.3 Å². The Hall–Kier alpha value is -1.62. The van der Waals surface area contributed by atoms with E-state index in [9.17, 15) is 19.7 Å². The number of fused-ring (bicyclic) bond motifs is 1. The third kappa shape index (κ3) is 3.98. The number of aromatic nitrogens is 4. The largest absolute Gasteiger partial charge is 0.388 e. The maximum absolute atomic E-state index is 11.7. The van der Waals surface area contributed by atoms with Gasteiger partial charge in [-0.25, -0.2) is 15.0 Å². The summed E-state index contributed by atoms with van der Waals surface area (Å²) in [5.41, 5.74) is 0.955. The summed E-state index contributed by atoms with van der Waals surface area (Å²) in [7, 11) is -1.96. The first-order chi connectivity index (χ1) is 12.8. The van der Waals surface area contributed by atoms with Crippen LogP contribution in [0.1, 0.15) is 26.5 Å². The highest BCUT2D eigenvalue weighted by molar-refractivity contribution is 7.52. The van der Waals surface area contributed by atoms with E-state index in [4.69, 9.17) is 9.26 Å². The third-order valence-corrected chi connectivity index (χ3v) is 6.00. The summed E-state index contributed by atoms with van der Waals surface area (Å²) in [5.74, 6) is 0.531. The Kier molecular flexibility index (Phi) is 5.80. The molecule has 0 saturated carbocycles. The lowest BCUT2D eigenvalue weighted by molar-refractivity contribution is -0.0457. The van der Waals surface area contributed by atoms with Gasteiger partial charge in [-0.05, 0) is 6.92 Å². The Bertz CT molecular complexity index is 847. The fraction of sp³-hybridized carbons (Fsp3) is 0.667. The van der Waals surface area contributed by atoms with E-state index in [-0.39, 0.29) is 12.6 Å². The van der Waals surface area contributed by atoms with Crippen molar-refractivity contribution in [1.29, 1.82) is 0 Å². The second kappa shape index (κ2) is 7.78. The van der Waals surface area contributed by atoms with Gasteiger partial charge in [0.15, 0.2) is 17.7 Å². The number of hydrogen-bond donors (Lipinski definition) is 4. The Morgan fingerprint density at radius 1 is 1.37 bits per heavy atom. The highest BCUT2D eigenvalue weighted by atomic mass is 31.2. The summed E-state index contributed by atoms with van der Waals surface area (Å²) < 4.78 is 24.2. The molecule has 0 aromatic carbocycles.